The van der Waals surface area contributed by atoms with Crippen molar-refractivity contribution in [1.82, 2.24) is 0 Å². The van der Waals surface area contributed by atoms with Crippen molar-refractivity contribution in [1.29, 1.82) is 0 Å². The van der Waals surface area contributed by atoms with Crippen LogP contribution < -0.4 is 0 Å². The van der Waals surface area contributed by atoms with Gasteiger partial charge >= 0.3 is 6.16 Å². The zero-order valence-corrected chi connectivity index (χ0v) is 9.51. The second-order valence-electron chi connectivity index (χ2n) is 3.38. The second-order valence-corrected chi connectivity index (χ2v) is 3.38. The van der Waals surface area contributed by atoms with E-state index in [2.05, 4.69) is 4.74 Å². The summed E-state index contributed by atoms with van der Waals surface area (Å²) in [6, 6.07) is 9.81. The van der Waals surface area contributed by atoms with Crippen LogP contribution in [-0.2, 0) is 20.8 Å². The molecule has 4 nitrogen and oxygen atoms in total. The Hall–Kier alpha value is -1.55. The topological polar surface area (TPSA) is 44.8 Å². The lowest BCUT2D eigenvalue weighted by Crippen LogP contribution is -2.20. The van der Waals surface area contributed by atoms with Crippen molar-refractivity contribution in [2.75, 3.05) is 13.7 Å². The molecule has 16 heavy (non-hydrogen) atoms. The molecule has 0 amide bonds. The molecule has 0 bridgehead atoms. The molecule has 1 rings (SSSR count). The van der Waals surface area contributed by atoms with Gasteiger partial charge in [-0.1, -0.05) is 30.3 Å². The third-order valence-corrected chi connectivity index (χ3v) is 1.93. The minimum absolute atomic E-state index is 0.309. The Bertz CT molecular complexity index is 310. The van der Waals surface area contributed by atoms with E-state index >= 15 is 0 Å². The van der Waals surface area contributed by atoms with Crippen LogP contribution in [0.25, 0.3) is 0 Å². The highest BCUT2D eigenvalue weighted by Gasteiger charge is 2.08. The molecule has 0 saturated carbocycles. The van der Waals surface area contributed by atoms with Crippen LogP contribution >= 0.6 is 0 Å². The number of rotatable bonds is 5. The summed E-state index contributed by atoms with van der Waals surface area (Å²) in [4.78, 5) is 10.8. The standard InChI is InChI=1S/C12H16O4/c1-10(16-12(13)14-2)8-15-9-11-6-4-3-5-7-11/h3-7,10H,8-9H2,1-2H3. The van der Waals surface area contributed by atoms with E-state index in [1.165, 1.54) is 7.11 Å². The van der Waals surface area contributed by atoms with Gasteiger partial charge in [-0.25, -0.2) is 4.79 Å². The number of carbonyl (C=O) groups is 1. The van der Waals surface area contributed by atoms with Crippen LogP contribution in [0.1, 0.15) is 12.5 Å². The molecule has 0 radical (unpaired) electrons. The third-order valence-electron chi connectivity index (χ3n) is 1.93. The van der Waals surface area contributed by atoms with E-state index in [4.69, 9.17) is 9.47 Å². The highest BCUT2D eigenvalue weighted by Crippen LogP contribution is 2.02. The fourth-order valence-corrected chi connectivity index (χ4v) is 1.16. The second kappa shape index (κ2) is 6.85. The van der Waals surface area contributed by atoms with Crippen molar-refractivity contribution < 1.29 is 19.0 Å². The first kappa shape index (κ1) is 12.5. The lowest BCUT2D eigenvalue weighted by molar-refractivity contribution is -0.00576. The molecule has 1 atom stereocenters. The van der Waals surface area contributed by atoms with Gasteiger partial charge in [-0.05, 0) is 12.5 Å². The van der Waals surface area contributed by atoms with Crippen molar-refractivity contribution in [3.63, 3.8) is 0 Å². The van der Waals surface area contributed by atoms with Crippen molar-refractivity contribution >= 4 is 6.16 Å². The molecule has 88 valence electrons. The van der Waals surface area contributed by atoms with Crippen molar-refractivity contribution in [3.8, 4) is 0 Å². The van der Waals surface area contributed by atoms with Gasteiger partial charge in [-0.2, -0.15) is 0 Å². The Morgan fingerprint density at radius 1 is 1.31 bits per heavy atom. The smallest absolute Gasteiger partial charge is 0.438 e. The molecule has 0 N–H and O–H groups in total. The Morgan fingerprint density at radius 3 is 2.62 bits per heavy atom. The first-order chi connectivity index (χ1) is 7.72. The summed E-state index contributed by atoms with van der Waals surface area (Å²) in [7, 11) is 1.28. The summed E-state index contributed by atoms with van der Waals surface area (Å²) < 4.78 is 14.6. The summed E-state index contributed by atoms with van der Waals surface area (Å²) in [5.74, 6) is 0. The van der Waals surface area contributed by atoms with Gasteiger partial charge in [0.05, 0.1) is 20.3 Å². The largest absolute Gasteiger partial charge is 0.508 e. The van der Waals surface area contributed by atoms with Crippen LogP contribution in [0, 0.1) is 0 Å². The maximum Gasteiger partial charge on any atom is 0.508 e. The summed E-state index contributed by atoms with van der Waals surface area (Å²) in [5, 5.41) is 0. The van der Waals surface area contributed by atoms with E-state index < -0.39 is 6.16 Å². The normalized spacial score (nSPS) is 11.9. The summed E-state index contributed by atoms with van der Waals surface area (Å²) in [5.41, 5.74) is 1.09. The molecule has 1 unspecified atom stereocenters. The summed E-state index contributed by atoms with van der Waals surface area (Å²) in [6.45, 7) is 2.61. The number of ether oxygens (including phenoxy) is 3. The maximum atomic E-state index is 10.8. The number of benzene rings is 1. The molecule has 1 aromatic rings. The molecule has 0 aliphatic heterocycles. The quantitative estimate of drug-likeness (QED) is 0.720. The van der Waals surface area contributed by atoms with Crippen LogP contribution in [-0.4, -0.2) is 26.0 Å². The molecule has 0 aromatic heterocycles. The van der Waals surface area contributed by atoms with Gasteiger partial charge < -0.3 is 14.2 Å². The van der Waals surface area contributed by atoms with Crippen molar-refractivity contribution in [2.45, 2.75) is 19.6 Å². The van der Waals surface area contributed by atoms with Gasteiger partial charge in [0.2, 0.25) is 0 Å². The highest BCUT2D eigenvalue weighted by atomic mass is 16.7. The Kier molecular flexibility index (Phi) is 5.36. The molecule has 0 spiro atoms. The Morgan fingerprint density at radius 2 is 2.00 bits per heavy atom. The van der Waals surface area contributed by atoms with Crippen molar-refractivity contribution in [2.24, 2.45) is 0 Å². The van der Waals surface area contributed by atoms with Gasteiger partial charge in [0, 0.05) is 0 Å². The minimum Gasteiger partial charge on any atom is -0.438 e. The number of methoxy groups -OCH3 is 1. The van der Waals surface area contributed by atoms with Gasteiger partial charge in [0.25, 0.3) is 0 Å². The van der Waals surface area contributed by atoms with Gasteiger partial charge in [-0.3, -0.25) is 0 Å². The molecule has 0 aliphatic carbocycles. The average Bonchev–Trinajstić information content (AvgIpc) is 2.30. The van der Waals surface area contributed by atoms with E-state index in [1.54, 1.807) is 6.92 Å². The van der Waals surface area contributed by atoms with E-state index in [-0.39, 0.29) is 6.10 Å². The molecule has 4 heteroatoms. The first-order valence-electron chi connectivity index (χ1n) is 5.08. The molecular formula is C12H16O4. The van der Waals surface area contributed by atoms with E-state index in [0.717, 1.165) is 5.56 Å². The van der Waals surface area contributed by atoms with Crippen molar-refractivity contribution in [3.05, 3.63) is 35.9 Å². The van der Waals surface area contributed by atoms with Crippen LogP contribution in [0.2, 0.25) is 0 Å². The van der Waals surface area contributed by atoms with Crippen LogP contribution in [0.15, 0.2) is 30.3 Å². The fourth-order valence-electron chi connectivity index (χ4n) is 1.16. The lowest BCUT2D eigenvalue weighted by atomic mass is 10.2. The Labute approximate surface area is 95.1 Å². The average molecular weight is 224 g/mol. The van der Waals surface area contributed by atoms with E-state index in [1.807, 2.05) is 30.3 Å². The number of hydrogen-bond donors (Lipinski definition) is 0. The SMILES string of the molecule is COC(=O)OC(C)COCc1ccccc1. The maximum absolute atomic E-state index is 10.8. The molecule has 0 heterocycles. The fraction of sp³-hybridized carbons (Fsp3) is 0.417. The molecular weight excluding hydrogens is 208 g/mol. The first-order valence-corrected chi connectivity index (χ1v) is 5.08. The molecule has 1 aromatic carbocycles. The number of carbonyl (C=O) groups excluding carboxylic acids is 1. The summed E-state index contributed by atoms with van der Waals surface area (Å²) in [6.07, 6.45) is -0.994. The molecule has 0 aliphatic rings. The molecule has 0 fully saturated rings. The minimum atomic E-state index is -0.684. The Balaban J connectivity index is 2.18. The summed E-state index contributed by atoms with van der Waals surface area (Å²) >= 11 is 0. The predicted molar refractivity (Wildman–Crippen MR) is 59.1 cm³/mol. The predicted octanol–water partition coefficient (Wildman–Crippen LogP) is 2.37. The molecule has 0 saturated heterocycles. The van der Waals surface area contributed by atoms with Gasteiger partial charge in [0.15, 0.2) is 0 Å². The zero-order chi connectivity index (χ0) is 11.8. The highest BCUT2D eigenvalue weighted by molar-refractivity contribution is 5.59. The lowest BCUT2D eigenvalue weighted by Gasteiger charge is -2.12. The van der Waals surface area contributed by atoms with E-state index in [0.29, 0.717) is 13.2 Å². The number of hydrogen-bond acceptors (Lipinski definition) is 4. The van der Waals surface area contributed by atoms with E-state index in [9.17, 15) is 4.79 Å². The monoisotopic (exact) mass is 224 g/mol. The van der Waals surface area contributed by atoms with Crippen LogP contribution in [0.3, 0.4) is 0 Å². The van der Waals surface area contributed by atoms with Crippen LogP contribution in [0.5, 0.6) is 0 Å². The van der Waals surface area contributed by atoms with Gasteiger partial charge in [-0.15, -0.1) is 0 Å². The van der Waals surface area contributed by atoms with Gasteiger partial charge in [0.1, 0.15) is 6.10 Å². The third kappa shape index (κ3) is 4.79. The van der Waals surface area contributed by atoms with Crippen LogP contribution in [0.4, 0.5) is 4.79 Å². The zero-order valence-electron chi connectivity index (χ0n) is 9.51.